The summed E-state index contributed by atoms with van der Waals surface area (Å²) in [7, 11) is 0. The Morgan fingerprint density at radius 1 is 1.00 bits per heavy atom. The summed E-state index contributed by atoms with van der Waals surface area (Å²) in [5.41, 5.74) is 0.415. The SMILES string of the molecule is CC(C)(C)c1ccc(O)cc1F.[Cl-].[Cl-].[Cl-].[Cl-].[Zr+4]. The third kappa shape index (κ3) is 9.56. The van der Waals surface area contributed by atoms with Crippen molar-refractivity contribution in [1.82, 2.24) is 0 Å². The second-order valence-corrected chi connectivity index (χ2v) is 3.91. The third-order valence-corrected chi connectivity index (χ3v) is 1.76. The van der Waals surface area contributed by atoms with Crippen molar-refractivity contribution in [2.24, 2.45) is 0 Å². The fourth-order valence-corrected chi connectivity index (χ4v) is 1.11. The molecule has 0 saturated carbocycles. The number of rotatable bonds is 0. The maximum Gasteiger partial charge on any atom is 4.00 e. The van der Waals surface area contributed by atoms with Crippen molar-refractivity contribution in [3.63, 3.8) is 0 Å². The van der Waals surface area contributed by atoms with Crippen LogP contribution in [0.2, 0.25) is 0 Å². The summed E-state index contributed by atoms with van der Waals surface area (Å²) >= 11 is 0. The van der Waals surface area contributed by atoms with Gasteiger partial charge in [-0.05, 0) is 17.0 Å². The van der Waals surface area contributed by atoms with E-state index in [1.165, 1.54) is 6.07 Å². The average molecular weight is 401 g/mol. The summed E-state index contributed by atoms with van der Waals surface area (Å²) in [5.74, 6) is -0.372. The van der Waals surface area contributed by atoms with E-state index >= 15 is 0 Å². The molecule has 1 aromatic rings. The van der Waals surface area contributed by atoms with Crippen LogP contribution in [-0.4, -0.2) is 5.11 Å². The van der Waals surface area contributed by atoms with Crippen LogP contribution in [0.25, 0.3) is 0 Å². The molecule has 0 aliphatic rings. The van der Waals surface area contributed by atoms with Gasteiger partial charge in [0, 0.05) is 6.07 Å². The van der Waals surface area contributed by atoms with E-state index in [4.69, 9.17) is 5.11 Å². The van der Waals surface area contributed by atoms with Crippen LogP contribution in [0.5, 0.6) is 5.75 Å². The predicted molar refractivity (Wildman–Crippen MR) is 46.8 cm³/mol. The van der Waals surface area contributed by atoms with E-state index in [1.807, 2.05) is 20.8 Å². The predicted octanol–water partition coefficient (Wildman–Crippen LogP) is -9.16. The van der Waals surface area contributed by atoms with Gasteiger partial charge in [0.2, 0.25) is 0 Å². The van der Waals surface area contributed by atoms with Gasteiger partial charge in [-0.15, -0.1) is 0 Å². The molecule has 0 aromatic heterocycles. The Balaban J connectivity index is -0.0000000960. The van der Waals surface area contributed by atoms with Crippen molar-refractivity contribution in [3.05, 3.63) is 29.6 Å². The van der Waals surface area contributed by atoms with Crippen molar-refractivity contribution < 1.29 is 85.3 Å². The average Bonchev–Trinajstić information content (AvgIpc) is 1.83. The Morgan fingerprint density at radius 3 is 1.71 bits per heavy atom. The van der Waals surface area contributed by atoms with Gasteiger partial charge in [0.25, 0.3) is 0 Å². The van der Waals surface area contributed by atoms with Crippen molar-refractivity contribution >= 4 is 0 Å². The van der Waals surface area contributed by atoms with E-state index in [1.54, 1.807) is 6.07 Å². The van der Waals surface area contributed by atoms with Crippen molar-refractivity contribution in [3.8, 4) is 5.75 Å². The Labute approximate surface area is 146 Å². The largest absolute Gasteiger partial charge is 4.00 e. The molecule has 0 fully saturated rings. The molecule has 1 rings (SSSR count). The Kier molecular flexibility index (Phi) is 21.8. The molecule has 0 unspecified atom stereocenters. The molecule has 1 N–H and O–H groups in total. The minimum Gasteiger partial charge on any atom is -1.00 e. The van der Waals surface area contributed by atoms with Gasteiger partial charge in [-0.2, -0.15) is 0 Å². The van der Waals surface area contributed by atoms with E-state index in [9.17, 15) is 4.39 Å². The zero-order valence-corrected chi connectivity index (χ0v) is 15.1. The van der Waals surface area contributed by atoms with Crippen LogP contribution in [0, 0.1) is 5.82 Å². The maximum atomic E-state index is 13.2. The number of aromatic hydroxyl groups is 1. The van der Waals surface area contributed by atoms with Crippen LogP contribution in [-0.2, 0) is 31.6 Å². The monoisotopic (exact) mass is 398 g/mol. The Bertz CT molecular complexity index is 305. The maximum absolute atomic E-state index is 13.2. The Morgan fingerprint density at radius 2 is 1.41 bits per heavy atom. The summed E-state index contributed by atoms with van der Waals surface area (Å²) in [6.07, 6.45) is 0. The summed E-state index contributed by atoms with van der Waals surface area (Å²) in [4.78, 5) is 0. The minimum absolute atomic E-state index is 0. The second-order valence-electron chi connectivity index (χ2n) is 3.91. The van der Waals surface area contributed by atoms with Crippen LogP contribution in [0.15, 0.2) is 18.2 Å². The second kappa shape index (κ2) is 12.0. The molecule has 0 heterocycles. The topological polar surface area (TPSA) is 20.2 Å². The summed E-state index contributed by atoms with van der Waals surface area (Å²) in [5, 5.41) is 8.96. The molecule has 0 saturated heterocycles. The third-order valence-electron chi connectivity index (χ3n) is 1.76. The van der Waals surface area contributed by atoms with Crippen molar-refractivity contribution in [1.29, 1.82) is 0 Å². The van der Waals surface area contributed by atoms with Gasteiger partial charge in [0.05, 0.1) is 0 Å². The van der Waals surface area contributed by atoms with Crippen LogP contribution in [0.4, 0.5) is 4.39 Å². The van der Waals surface area contributed by atoms with Crippen LogP contribution >= 0.6 is 0 Å². The molecule has 0 radical (unpaired) electrons. The summed E-state index contributed by atoms with van der Waals surface area (Å²) < 4.78 is 13.2. The molecule has 0 amide bonds. The number of benzene rings is 1. The molecular formula is C10H13Cl4FOZr. The normalized spacial score (nSPS) is 8.24. The summed E-state index contributed by atoms with van der Waals surface area (Å²) in [6, 6.07) is 4.26. The number of phenolic OH excluding ortho intramolecular Hbond substituents is 1. The first-order chi connectivity index (χ1) is 5.41. The number of hydrogen-bond donors (Lipinski definition) is 1. The van der Waals surface area contributed by atoms with Crippen molar-refractivity contribution in [2.75, 3.05) is 0 Å². The zero-order valence-electron chi connectivity index (χ0n) is 9.57. The number of phenols is 1. The molecule has 1 aromatic carbocycles. The molecular weight excluding hydrogens is 388 g/mol. The van der Waals surface area contributed by atoms with E-state index in [0.29, 0.717) is 5.56 Å². The molecule has 0 atom stereocenters. The van der Waals surface area contributed by atoms with Gasteiger partial charge in [-0.3, -0.25) is 0 Å². The molecule has 17 heavy (non-hydrogen) atoms. The number of hydrogen-bond acceptors (Lipinski definition) is 1. The fourth-order valence-electron chi connectivity index (χ4n) is 1.11. The quantitative estimate of drug-likeness (QED) is 0.458. The minimum atomic E-state index is -0.345. The molecule has 0 aliphatic carbocycles. The van der Waals surface area contributed by atoms with Crippen LogP contribution in [0.1, 0.15) is 26.3 Å². The van der Waals surface area contributed by atoms with E-state index < -0.39 is 0 Å². The summed E-state index contributed by atoms with van der Waals surface area (Å²) in [6.45, 7) is 5.80. The first-order valence-electron chi connectivity index (χ1n) is 3.90. The molecule has 1 nitrogen and oxygen atoms in total. The van der Waals surface area contributed by atoms with Gasteiger partial charge in [-0.25, -0.2) is 4.39 Å². The molecule has 98 valence electrons. The fraction of sp³-hybridized carbons (Fsp3) is 0.400. The van der Waals surface area contributed by atoms with Gasteiger partial charge in [0.15, 0.2) is 0 Å². The molecule has 0 aliphatic heterocycles. The van der Waals surface area contributed by atoms with Gasteiger partial charge in [0.1, 0.15) is 11.6 Å². The first kappa shape index (κ1) is 30.8. The smallest absolute Gasteiger partial charge is 1.00 e. The van der Waals surface area contributed by atoms with Gasteiger partial charge >= 0.3 is 26.2 Å². The molecule has 0 bridgehead atoms. The van der Waals surface area contributed by atoms with E-state index in [-0.39, 0.29) is 92.8 Å². The standard InChI is InChI=1S/C10H13FO.4ClH.Zr/c1-10(2,3)8-5-4-7(12)6-9(8)11;;;;;/h4-6,12H,1-3H3;4*1H;/q;;;;;+4/p-4. The van der Waals surface area contributed by atoms with Crippen LogP contribution in [0.3, 0.4) is 0 Å². The first-order valence-corrected chi connectivity index (χ1v) is 3.90. The van der Waals surface area contributed by atoms with Gasteiger partial charge in [-0.1, -0.05) is 26.8 Å². The number of halogens is 5. The van der Waals surface area contributed by atoms with E-state index in [0.717, 1.165) is 6.07 Å². The molecule has 7 heteroatoms. The van der Waals surface area contributed by atoms with Crippen molar-refractivity contribution in [2.45, 2.75) is 26.2 Å². The zero-order chi connectivity index (χ0) is 9.35. The molecule has 0 spiro atoms. The van der Waals surface area contributed by atoms with Crippen LogP contribution < -0.4 is 49.6 Å². The van der Waals surface area contributed by atoms with Gasteiger partial charge < -0.3 is 54.7 Å². The Hall–Kier alpha value is 0.993. The van der Waals surface area contributed by atoms with E-state index in [2.05, 4.69) is 0 Å².